The number of phenolic OH excluding ortho intramolecular Hbond substituents is 1. The number of amides is 1. The van der Waals surface area contributed by atoms with Crippen LogP contribution in [0.3, 0.4) is 0 Å². The normalized spacial score (nSPS) is 16.6. The summed E-state index contributed by atoms with van der Waals surface area (Å²) in [6, 6.07) is 10.9. The molecule has 2 N–H and O–H groups in total. The number of hydrogen-bond donors (Lipinski definition) is 2. The Morgan fingerprint density at radius 3 is 2.93 bits per heavy atom. The second kappa shape index (κ2) is 7.11. The van der Waals surface area contributed by atoms with Gasteiger partial charge in [-0.15, -0.1) is 5.10 Å². The largest absolute Gasteiger partial charge is 0.508 e. The van der Waals surface area contributed by atoms with Crippen LogP contribution in [0.2, 0.25) is 0 Å². The molecule has 0 aliphatic carbocycles. The fourth-order valence-corrected chi connectivity index (χ4v) is 3.36. The number of benzene rings is 2. The van der Waals surface area contributed by atoms with Crippen LogP contribution in [-0.4, -0.2) is 51.0 Å². The van der Waals surface area contributed by atoms with Gasteiger partial charge in [0.25, 0.3) is 0 Å². The first-order valence-corrected chi connectivity index (χ1v) is 8.82. The molecule has 3 aromatic rings. The second-order valence-corrected chi connectivity index (χ2v) is 6.68. The number of aromatic hydroxyl groups is 1. The molecule has 1 fully saturated rings. The summed E-state index contributed by atoms with van der Waals surface area (Å²) in [6.07, 6.45) is 2.25. The Balaban J connectivity index is 1.54. The smallest absolute Gasteiger partial charge is 0.245 e. The third-order valence-electron chi connectivity index (χ3n) is 4.84. The minimum atomic E-state index is -0.0364. The van der Waals surface area contributed by atoms with Crippen LogP contribution in [0, 0.1) is 5.92 Å². The maximum atomic E-state index is 11.7. The fraction of sp³-hybridized carbons (Fsp3) is 0.250. The van der Waals surface area contributed by atoms with Crippen molar-refractivity contribution in [3.8, 4) is 22.6 Å². The molecule has 1 aliphatic heterocycles. The molecule has 1 atom stereocenters. The first-order valence-electron chi connectivity index (χ1n) is 8.82. The van der Waals surface area contributed by atoms with E-state index in [4.69, 9.17) is 4.74 Å². The fourth-order valence-electron chi connectivity index (χ4n) is 3.36. The summed E-state index contributed by atoms with van der Waals surface area (Å²) in [7, 11) is 0. The highest BCUT2D eigenvalue weighted by molar-refractivity contribution is 5.87. The zero-order chi connectivity index (χ0) is 18.8. The Bertz CT molecular complexity index is 981. The van der Waals surface area contributed by atoms with Gasteiger partial charge in [0.15, 0.2) is 5.52 Å². The summed E-state index contributed by atoms with van der Waals surface area (Å²) in [5.74, 6) is 1.11. The standard InChI is InChI=1S/C20H20N4O3/c1-2-19(26)24-8-7-13(11-24)12-27-18-10-15(9-17-20(18)22-23-21-17)14-3-5-16(25)6-4-14/h2-6,9-10,13,25H,1,7-8,11-12H2,(H,21,22,23). The van der Waals surface area contributed by atoms with Crippen LogP contribution in [0.4, 0.5) is 0 Å². The molecule has 1 unspecified atom stereocenters. The number of carbonyl (C=O) groups is 1. The molecule has 7 nitrogen and oxygen atoms in total. The van der Waals surface area contributed by atoms with Crippen LogP contribution in [0.1, 0.15) is 6.42 Å². The highest BCUT2D eigenvalue weighted by atomic mass is 16.5. The number of aromatic amines is 1. The summed E-state index contributed by atoms with van der Waals surface area (Å²) in [5, 5.41) is 20.4. The van der Waals surface area contributed by atoms with Gasteiger partial charge in [-0.3, -0.25) is 9.89 Å². The summed E-state index contributed by atoms with van der Waals surface area (Å²) < 4.78 is 6.07. The maximum Gasteiger partial charge on any atom is 0.245 e. The zero-order valence-corrected chi connectivity index (χ0v) is 14.8. The summed E-state index contributed by atoms with van der Waals surface area (Å²) >= 11 is 0. The molecular weight excluding hydrogens is 344 g/mol. The number of carbonyl (C=O) groups excluding carboxylic acids is 1. The lowest BCUT2D eigenvalue weighted by atomic mass is 10.0. The van der Waals surface area contributed by atoms with Crippen molar-refractivity contribution in [1.29, 1.82) is 0 Å². The van der Waals surface area contributed by atoms with E-state index in [1.807, 2.05) is 24.3 Å². The van der Waals surface area contributed by atoms with Gasteiger partial charge in [0, 0.05) is 19.0 Å². The number of nitrogens with one attached hydrogen (secondary N) is 1. The lowest BCUT2D eigenvalue weighted by Crippen LogP contribution is -2.27. The molecule has 27 heavy (non-hydrogen) atoms. The zero-order valence-electron chi connectivity index (χ0n) is 14.8. The average molecular weight is 364 g/mol. The molecule has 138 valence electrons. The molecule has 1 saturated heterocycles. The van der Waals surface area contributed by atoms with Crippen LogP contribution in [0.5, 0.6) is 11.5 Å². The number of hydrogen-bond acceptors (Lipinski definition) is 5. The Labute approximate surface area is 156 Å². The van der Waals surface area contributed by atoms with Crippen molar-refractivity contribution in [2.75, 3.05) is 19.7 Å². The van der Waals surface area contributed by atoms with Crippen LogP contribution in [-0.2, 0) is 4.79 Å². The van der Waals surface area contributed by atoms with E-state index in [0.717, 1.165) is 29.6 Å². The van der Waals surface area contributed by atoms with Gasteiger partial charge in [-0.25, -0.2) is 0 Å². The molecule has 1 amide bonds. The van der Waals surface area contributed by atoms with Crippen molar-refractivity contribution in [2.45, 2.75) is 6.42 Å². The van der Waals surface area contributed by atoms with Crippen LogP contribution >= 0.6 is 0 Å². The van der Waals surface area contributed by atoms with Gasteiger partial charge in [0.1, 0.15) is 11.5 Å². The monoisotopic (exact) mass is 364 g/mol. The van der Waals surface area contributed by atoms with E-state index in [2.05, 4.69) is 22.0 Å². The molecule has 4 rings (SSSR count). The van der Waals surface area contributed by atoms with Gasteiger partial charge in [0.05, 0.1) is 12.1 Å². The Hall–Kier alpha value is -3.35. The quantitative estimate of drug-likeness (QED) is 0.679. The molecule has 0 spiro atoms. The first-order chi connectivity index (χ1) is 13.1. The molecule has 2 heterocycles. The number of ether oxygens (including phenoxy) is 1. The Kier molecular flexibility index (Phi) is 4.50. The molecular formula is C20H20N4O3. The summed E-state index contributed by atoms with van der Waals surface area (Å²) in [4.78, 5) is 13.5. The molecule has 0 radical (unpaired) electrons. The minimum absolute atomic E-state index is 0.0364. The second-order valence-electron chi connectivity index (χ2n) is 6.68. The molecule has 1 aliphatic rings. The van der Waals surface area contributed by atoms with Gasteiger partial charge in [-0.2, -0.15) is 0 Å². The molecule has 0 bridgehead atoms. The predicted molar refractivity (Wildman–Crippen MR) is 101 cm³/mol. The van der Waals surface area contributed by atoms with E-state index in [1.165, 1.54) is 6.08 Å². The lowest BCUT2D eigenvalue weighted by molar-refractivity contribution is -0.125. The number of aromatic nitrogens is 3. The van der Waals surface area contributed by atoms with Crippen LogP contribution < -0.4 is 4.74 Å². The van der Waals surface area contributed by atoms with Gasteiger partial charge in [-0.1, -0.05) is 23.9 Å². The highest BCUT2D eigenvalue weighted by Crippen LogP contribution is 2.32. The number of H-pyrrole nitrogens is 1. The molecule has 7 heteroatoms. The van der Waals surface area contributed by atoms with E-state index in [-0.39, 0.29) is 17.6 Å². The third kappa shape index (κ3) is 3.48. The topological polar surface area (TPSA) is 91.3 Å². The number of phenols is 1. The van der Waals surface area contributed by atoms with Crippen molar-refractivity contribution in [1.82, 2.24) is 20.3 Å². The van der Waals surface area contributed by atoms with Crippen molar-refractivity contribution in [3.63, 3.8) is 0 Å². The van der Waals surface area contributed by atoms with E-state index < -0.39 is 0 Å². The minimum Gasteiger partial charge on any atom is -0.508 e. The summed E-state index contributed by atoms with van der Waals surface area (Å²) in [6.45, 7) is 5.44. The molecule has 2 aromatic carbocycles. The van der Waals surface area contributed by atoms with Gasteiger partial charge in [0.2, 0.25) is 5.91 Å². The number of likely N-dealkylation sites (tertiary alicyclic amines) is 1. The van der Waals surface area contributed by atoms with Gasteiger partial charge in [-0.05, 0) is 47.9 Å². The molecule has 0 saturated carbocycles. The van der Waals surface area contributed by atoms with Crippen molar-refractivity contribution in [3.05, 3.63) is 49.1 Å². The summed E-state index contributed by atoms with van der Waals surface area (Å²) in [5.41, 5.74) is 3.36. The lowest BCUT2D eigenvalue weighted by Gasteiger charge is -2.15. The highest BCUT2D eigenvalue weighted by Gasteiger charge is 2.25. The van der Waals surface area contributed by atoms with Crippen LogP contribution in [0.15, 0.2) is 49.1 Å². The van der Waals surface area contributed by atoms with Gasteiger partial charge >= 0.3 is 0 Å². The van der Waals surface area contributed by atoms with E-state index >= 15 is 0 Å². The maximum absolute atomic E-state index is 11.7. The Morgan fingerprint density at radius 2 is 2.15 bits per heavy atom. The van der Waals surface area contributed by atoms with E-state index in [9.17, 15) is 9.90 Å². The van der Waals surface area contributed by atoms with Crippen molar-refractivity contribution < 1.29 is 14.6 Å². The van der Waals surface area contributed by atoms with Crippen molar-refractivity contribution >= 4 is 16.9 Å². The van der Waals surface area contributed by atoms with Crippen molar-refractivity contribution in [2.24, 2.45) is 5.92 Å². The SMILES string of the molecule is C=CC(=O)N1CCC(COc2cc(-c3ccc(O)cc3)cc3[nH]nnc23)C1. The van der Waals surface area contributed by atoms with E-state index in [1.54, 1.807) is 17.0 Å². The van der Waals surface area contributed by atoms with Gasteiger partial charge < -0.3 is 14.7 Å². The number of rotatable bonds is 5. The number of fused-ring (bicyclic) bond motifs is 1. The Morgan fingerprint density at radius 1 is 1.33 bits per heavy atom. The third-order valence-corrected chi connectivity index (χ3v) is 4.84. The predicted octanol–water partition coefficient (Wildman–Crippen LogP) is 2.74. The van der Waals surface area contributed by atoms with Crippen LogP contribution in [0.25, 0.3) is 22.2 Å². The average Bonchev–Trinajstić information content (AvgIpc) is 3.35. The first kappa shape index (κ1) is 17.1. The molecule has 1 aromatic heterocycles. The van der Waals surface area contributed by atoms with E-state index in [0.29, 0.717) is 24.4 Å². The number of nitrogens with zero attached hydrogens (tertiary/aromatic N) is 3.